The Morgan fingerprint density at radius 3 is 2.00 bits per heavy atom. The van der Waals surface area contributed by atoms with Crippen LogP contribution in [0.3, 0.4) is 0 Å². The Kier molecular flexibility index (Phi) is 7.91. The summed E-state index contributed by atoms with van der Waals surface area (Å²) >= 11 is 0. The molecule has 2 unspecified atom stereocenters. The molecule has 4 aliphatic carbocycles. The van der Waals surface area contributed by atoms with Crippen molar-refractivity contribution in [1.82, 2.24) is 4.98 Å². The third-order valence-electron chi connectivity index (χ3n) is 13.5. The van der Waals surface area contributed by atoms with Gasteiger partial charge in [0.2, 0.25) is 0 Å². The molecule has 59 heavy (non-hydrogen) atoms. The van der Waals surface area contributed by atoms with E-state index in [1.54, 1.807) is 0 Å². The number of hydrogen-bond acceptors (Lipinski definition) is 1. The number of pyridine rings is 1. The number of aromatic nitrogens is 1. The maximum absolute atomic E-state index is 5.11. The van der Waals surface area contributed by atoms with Crippen LogP contribution in [0.4, 0.5) is 0 Å². The standard InChI is InChI=1S/C58H43N/c1-36-27-28-38(35-54(36)58-52-20-6-8-25-55(52)59-56-26-9-7-21-53(56)58)41-32-42(45-22-11-14-37-13-2-3-17-44(37)39-15-10-16-40(45)31-39)34-43(33-41)46-29-30-51-48-19-5-4-18-47(48)50-24-12-23-49(46)57(50)51/h2-10,12-13,15-26,28-32,34-36,41H,11,14,27,33H2,1H3/b45-22+. The summed E-state index contributed by atoms with van der Waals surface area (Å²) in [7, 11) is 0. The van der Waals surface area contributed by atoms with Crippen molar-refractivity contribution in [2.24, 2.45) is 11.8 Å². The van der Waals surface area contributed by atoms with Crippen molar-refractivity contribution in [3.63, 3.8) is 0 Å². The number of rotatable bonds is 4. The summed E-state index contributed by atoms with van der Waals surface area (Å²) < 4.78 is 0. The molecule has 12 rings (SSSR count). The third-order valence-corrected chi connectivity index (χ3v) is 13.5. The van der Waals surface area contributed by atoms with Crippen molar-refractivity contribution in [2.45, 2.75) is 32.6 Å². The Morgan fingerprint density at radius 2 is 1.19 bits per heavy atom. The van der Waals surface area contributed by atoms with Crippen molar-refractivity contribution >= 4 is 49.3 Å². The van der Waals surface area contributed by atoms with Gasteiger partial charge in [0.1, 0.15) is 0 Å². The zero-order chi connectivity index (χ0) is 39.0. The largest absolute Gasteiger partial charge is 0.248 e. The van der Waals surface area contributed by atoms with Crippen LogP contribution >= 0.6 is 0 Å². The molecule has 4 aliphatic rings. The topological polar surface area (TPSA) is 12.9 Å². The van der Waals surface area contributed by atoms with Crippen molar-refractivity contribution in [3.8, 4) is 33.4 Å². The summed E-state index contributed by atoms with van der Waals surface area (Å²) in [4.78, 5) is 5.11. The SMILES string of the molecule is CC1CC=C(C2C=C(/C3=C/CCc4ccccc4-c4cccc3c4)C=C(c3ccc4c5c(cccc35)-c3ccccc3-4)C2)C=C1c1c2ccccc2nc2ccccc12. The molecule has 280 valence electrons. The molecule has 2 bridgehead atoms. The highest BCUT2D eigenvalue weighted by atomic mass is 14.7. The number of benzene rings is 7. The quantitative estimate of drug-likeness (QED) is 0.163. The molecule has 0 saturated heterocycles. The molecule has 0 spiro atoms. The zero-order valence-corrected chi connectivity index (χ0v) is 33.3. The van der Waals surface area contributed by atoms with E-state index in [4.69, 9.17) is 4.98 Å². The van der Waals surface area contributed by atoms with E-state index in [1.165, 1.54) is 105 Å². The Balaban J connectivity index is 1.04. The van der Waals surface area contributed by atoms with Crippen LogP contribution in [0.25, 0.3) is 82.7 Å². The Morgan fingerprint density at radius 1 is 0.542 bits per heavy atom. The molecule has 0 fully saturated rings. The molecule has 1 nitrogen and oxygen atoms in total. The van der Waals surface area contributed by atoms with Gasteiger partial charge in [-0.05, 0) is 144 Å². The van der Waals surface area contributed by atoms with Gasteiger partial charge in [0.05, 0.1) is 11.0 Å². The van der Waals surface area contributed by atoms with E-state index in [0.29, 0.717) is 5.92 Å². The first kappa shape index (κ1) is 34.2. The highest BCUT2D eigenvalue weighted by Gasteiger charge is 2.29. The molecule has 0 amide bonds. The van der Waals surface area contributed by atoms with Gasteiger partial charge in [-0.25, -0.2) is 4.98 Å². The number of fused-ring (bicyclic) bond motifs is 9. The Hall–Kier alpha value is -6.83. The fourth-order valence-corrected chi connectivity index (χ4v) is 10.7. The van der Waals surface area contributed by atoms with Gasteiger partial charge in [-0.2, -0.15) is 0 Å². The number of allylic oxidation sites excluding steroid dienone is 10. The lowest BCUT2D eigenvalue weighted by Gasteiger charge is -2.30. The van der Waals surface area contributed by atoms with Crippen molar-refractivity contribution in [3.05, 3.63) is 215 Å². The molecular formula is C58H43N. The van der Waals surface area contributed by atoms with Crippen LogP contribution in [0.15, 0.2) is 193 Å². The van der Waals surface area contributed by atoms with E-state index in [9.17, 15) is 0 Å². The number of para-hydroxylation sites is 2. The van der Waals surface area contributed by atoms with E-state index >= 15 is 0 Å². The molecule has 1 aromatic heterocycles. The van der Waals surface area contributed by atoms with Gasteiger partial charge in [0.15, 0.2) is 0 Å². The summed E-state index contributed by atoms with van der Waals surface area (Å²) in [5.74, 6) is 0.593. The first-order valence-electron chi connectivity index (χ1n) is 21.3. The molecule has 0 radical (unpaired) electrons. The summed E-state index contributed by atoms with van der Waals surface area (Å²) in [6, 6.07) is 56.3. The van der Waals surface area contributed by atoms with Crippen molar-refractivity contribution in [1.29, 1.82) is 0 Å². The number of nitrogens with zero attached hydrogens (tertiary/aromatic N) is 1. The molecule has 2 atom stereocenters. The highest BCUT2D eigenvalue weighted by Crippen LogP contribution is 2.51. The minimum atomic E-state index is 0.209. The fourth-order valence-electron chi connectivity index (χ4n) is 10.7. The van der Waals surface area contributed by atoms with Gasteiger partial charge < -0.3 is 0 Å². The summed E-state index contributed by atoms with van der Waals surface area (Å²) in [5, 5.41) is 5.20. The predicted molar refractivity (Wildman–Crippen MR) is 250 cm³/mol. The Bertz CT molecular complexity index is 3150. The summed E-state index contributed by atoms with van der Waals surface area (Å²) in [6.07, 6.45) is 16.7. The maximum Gasteiger partial charge on any atom is 0.0715 e. The summed E-state index contributed by atoms with van der Waals surface area (Å²) in [6.45, 7) is 2.40. The van der Waals surface area contributed by atoms with Crippen LogP contribution < -0.4 is 0 Å². The normalized spacial score (nSPS) is 19.0. The molecule has 8 aromatic rings. The zero-order valence-electron chi connectivity index (χ0n) is 33.3. The van der Waals surface area contributed by atoms with Crippen LogP contribution in [0, 0.1) is 11.8 Å². The second-order valence-corrected chi connectivity index (χ2v) is 16.9. The van der Waals surface area contributed by atoms with E-state index in [-0.39, 0.29) is 5.92 Å². The van der Waals surface area contributed by atoms with Crippen LogP contribution in [0.1, 0.15) is 48.4 Å². The van der Waals surface area contributed by atoms with Gasteiger partial charge in [0, 0.05) is 16.7 Å². The number of hydrogen-bond donors (Lipinski definition) is 0. The number of aryl methyl sites for hydroxylation is 1. The van der Waals surface area contributed by atoms with E-state index in [0.717, 1.165) is 36.7 Å². The summed E-state index contributed by atoms with van der Waals surface area (Å²) in [5.41, 5.74) is 22.4. The molecule has 0 saturated carbocycles. The van der Waals surface area contributed by atoms with E-state index in [2.05, 4.69) is 189 Å². The molecule has 1 heteroatoms. The molecule has 7 aromatic carbocycles. The predicted octanol–water partition coefficient (Wildman–Crippen LogP) is 15.3. The molecule has 0 N–H and O–H groups in total. The smallest absolute Gasteiger partial charge is 0.0715 e. The van der Waals surface area contributed by atoms with Crippen LogP contribution in [0.2, 0.25) is 0 Å². The van der Waals surface area contributed by atoms with Crippen molar-refractivity contribution < 1.29 is 0 Å². The molecule has 1 heterocycles. The first-order chi connectivity index (χ1) is 29.2. The lowest BCUT2D eigenvalue weighted by Crippen LogP contribution is -2.13. The van der Waals surface area contributed by atoms with Gasteiger partial charge >= 0.3 is 0 Å². The van der Waals surface area contributed by atoms with Gasteiger partial charge in [-0.1, -0.05) is 171 Å². The Labute approximate surface area is 346 Å². The van der Waals surface area contributed by atoms with Gasteiger partial charge in [0.25, 0.3) is 0 Å². The third kappa shape index (κ3) is 5.56. The second-order valence-electron chi connectivity index (χ2n) is 16.9. The minimum absolute atomic E-state index is 0.209. The van der Waals surface area contributed by atoms with Crippen LogP contribution in [-0.2, 0) is 6.42 Å². The second kappa shape index (κ2) is 13.6. The van der Waals surface area contributed by atoms with Crippen LogP contribution in [0.5, 0.6) is 0 Å². The monoisotopic (exact) mass is 753 g/mol. The molecular weight excluding hydrogens is 711 g/mol. The van der Waals surface area contributed by atoms with Crippen molar-refractivity contribution in [2.75, 3.05) is 0 Å². The minimum Gasteiger partial charge on any atom is -0.248 e. The van der Waals surface area contributed by atoms with Gasteiger partial charge in [-0.3, -0.25) is 0 Å². The average Bonchev–Trinajstić information content (AvgIpc) is 3.63. The van der Waals surface area contributed by atoms with E-state index < -0.39 is 0 Å². The maximum atomic E-state index is 5.11. The average molecular weight is 754 g/mol. The lowest BCUT2D eigenvalue weighted by atomic mass is 9.75. The van der Waals surface area contributed by atoms with E-state index in [1.807, 2.05) is 0 Å². The lowest BCUT2D eigenvalue weighted by molar-refractivity contribution is 0.718. The van der Waals surface area contributed by atoms with Gasteiger partial charge in [-0.15, -0.1) is 0 Å². The molecule has 0 aliphatic heterocycles. The fraction of sp³-hybridized carbons (Fsp3) is 0.121. The van der Waals surface area contributed by atoms with Crippen LogP contribution in [-0.4, -0.2) is 4.98 Å². The first-order valence-corrected chi connectivity index (χ1v) is 21.3. The highest BCUT2D eigenvalue weighted by molar-refractivity contribution is 6.17.